The molecule has 45 heavy (non-hydrogen) atoms. The van der Waals surface area contributed by atoms with Gasteiger partial charge in [0.1, 0.15) is 36.7 Å². The molecule has 0 unspecified atom stereocenters. The van der Waals surface area contributed by atoms with Crippen molar-refractivity contribution < 1.29 is 33.4 Å². The SMILES string of the molecule is COc1cc(NC(=O)COc2ccccc2N(CC(=O)N(C)c2ccccc2)C(=O)CN(C)C(=O)n2ccnc2)cc(OC)c1. The van der Waals surface area contributed by atoms with Crippen LogP contribution in [0.1, 0.15) is 0 Å². The van der Waals surface area contributed by atoms with Crippen molar-refractivity contribution in [2.24, 2.45) is 0 Å². The van der Waals surface area contributed by atoms with E-state index in [2.05, 4.69) is 10.3 Å². The molecule has 0 radical (unpaired) electrons. The van der Waals surface area contributed by atoms with Crippen molar-refractivity contribution in [3.05, 3.63) is 91.5 Å². The molecule has 0 fully saturated rings. The lowest BCUT2D eigenvalue weighted by atomic mass is 10.2. The maximum absolute atomic E-state index is 13.8. The van der Waals surface area contributed by atoms with Crippen molar-refractivity contribution in [3.8, 4) is 17.2 Å². The average molecular weight is 615 g/mol. The Morgan fingerprint density at radius 1 is 0.844 bits per heavy atom. The summed E-state index contributed by atoms with van der Waals surface area (Å²) in [6, 6.07) is 20.0. The predicted octanol–water partition coefficient (Wildman–Crippen LogP) is 3.51. The third-order valence-electron chi connectivity index (χ3n) is 6.69. The first-order valence-electron chi connectivity index (χ1n) is 13.8. The Bertz CT molecular complexity index is 1610. The van der Waals surface area contributed by atoms with Gasteiger partial charge in [0.2, 0.25) is 11.8 Å². The molecular weight excluding hydrogens is 580 g/mol. The summed E-state index contributed by atoms with van der Waals surface area (Å²) < 4.78 is 17.6. The van der Waals surface area contributed by atoms with E-state index in [-0.39, 0.29) is 24.5 Å². The quantitative estimate of drug-likeness (QED) is 0.256. The summed E-state index contributed by atoms with van der Waals surface area (Å²) in [7, 11) is 6.08. The first-order valence-corrected chi connectivity index (χ1v) is 13.8. The van der Waals surface area contributed by atoms with E-state index in [1.54, 1.807) is 73.8 Å². The highest BCUT2D eigenvalue weighted by Gasteiger charge is 2.27. The van der Waals surface area contributed by atoms with Crippen LogP contribution in [-0.4, -0.2) is 86.2 Å². The molecule has 1 heterocycles. The number of benzene rings is 3. The number of methoxy groups -OCH3 is 2. The van der Waals surface area contributed by atoms with Crippen LogP contribution in [0.5, 0.6) is 17.2 Å². The zero-order valence-corrected chi connectivity index (χ0v) is 25.4. The minimum atomic E-state index is -0.551. The largest absolute Gasteiger partial charge is 0.497 e. The Labute approximate surface area is 260 Å². The van der Waals surface area contributed by atoms with Gasteiger partial charge in [0, 0.05) is 56.1 Å². The second kappa shape index (κ2) is 15.0. The molecule has 1 aromatic heterocycles. The molecule has 234 valence electrons. The van der Waals surface area contributed by atoms with E-state index < -0.39 is 30.4 Å². The van der Waals surface area contributed by atoms with E-state index in [0.29, 0.717) is 22.9 Å². The van der Waals surface area contributed by atoms with Crippen LogP contribution in [0.25, 0.3) is 0 Å². The lowest BCUT2D eigenvalue weighted by Gasteiger charge is -2.28. The maximum Gasteiger partial charge on any atom is 0.329 e. The highest BCUT2D eigenvalue weighted by atomic mass is 16.5. The smallest absolute Gasteiger partial charge is 0.329 e. The first-order chi connectivity index (χ1) is 21.7. The van der Waals surface area contributed by atoms with Crippen LogP contribution in [0.3, 0.4) is 0 Å². The fraction of sp³-hybridized carbons (Fsp3) is 0.219. The number of carbonyl (C=O) groups excluding carboxylic acids is 4. The van der Waals surface area contributed by atoms with Crippen molar-refractivity contribution in [1.82, 2.24) is 14.5 Å². The number of carbonyl (C=O) groups is 4. The van der Waals surface area contributed by atoms with E-state index in [0.717, 1.165) is 0 Å². The van der Waals surface area contributed by atoms with Gasteiger partial charge in [-0.05, 0) is 24.3 Å². The predicted molar refractivity (Wildman–Crippen MR) is 168 cm³/mol. The van der Waals surface area contributed by atoms with Crippen LogP contribution in [0.15, 0.2) is 91.5 Å². The number of para-hydroxylation sites is 3. The molecule has 13 nitrogen and oxygen atoms in total. The molecular formula is C32H34N6O7. The number of likely N-dealkylation sites (N-methyl/N-ethyl adjacent to an activating group) is 2. The number of nitrogens with zero attached hydrogens (tertiary/aromatic N) is 5. The van der Waals surface area contributed by atoms with Crippen LogP contribution in [0.2, 0.25) is 0 Å². The molecule has 1 N–H and O–H groups in total. The van der Waals surface area contributed by atoms with Crippen molar-refractivity contribution in [2.75, 3.05) is 63.1 Å². The van der Waals surface area contributed by atoms with E-state index in [1.165, 1.54) is 59.3 Å². The lowest BCUT2D eigenvalue weighted by Crippen LogP contribution is -2.47. The number of ether oxygens (including phenoxy) is 3. The van der Waals surface area contributed by atoms with Gasteiger partial charge >= 0.3 is 6.03 Å². The van der Waals surface area contributed by atoms with E-state index in [4.69, 9.17) is 14.2 Å². The molecule has 0 aliphatic heterocycles. The molecule has 0 saturated heterocycles. The van der Waals surface area contributed by atoms with Gasteiger partial charge in [-0.1, -0.05) is 30.3 Å². The Morgan fingerprint density at radius 2 is 1.51 bits per heavy atom. The third kappa shape index (κ3) is 8.38. The van der Waals surface area contributed by atoms with Crippen LogP contribution < -0.4 is 29.3 Å². The molecule has 4 amide bonds. The minimum absolute atomic E-state index is 0.183. The Morgan fingerprint density at radius 3 is 2.16 bits per heavy atom. The van der Waals surface area contributed by atoms with Crippen LogP contribution in [0, 0.1) is 0 Å². The molecule has 0 saturated carbocycles. The monoisotopic (exact) mass is 614 g/mol. The summed E-state index contributed by atoms with van der Waals surface area (Å²) in [6.07, 6.45) is 4.25. The first kappa shape index (κ1) is 32.1. The topological polar surface area (TPSA) is 136 Å². The third-order valence-corrected chi connectivity index (χ3v) is 6.69. The van der Waals surface area contributed by atoms with Gasteiger partial charge in [0.05, 0.1) is 19.9 Å². The van der Waals surface area contributed by atoms with Gasteiger partial charge in [-0.15, -0.1) is 0 Å². The minimum Gasteiger partial charge on any atom is -0.497 e. The lowest BCUT2D eigenvalue weighted by molar-refractivity contribution is -0.122. The van der Waals surface area contributed by atoms with E-state index in [1.807, 2.05) is 6.07 Å². The molecule has 0 atom stereocenters. The molecule has 13 heteroatoms. The fourth-order valence-corrected chi connectivity index (χ4v) is 4.29. The van der Waals surface area contributed by atoms with E-state index >= 15 is 0 Å². The number of rotatable bonds is 12. The average Bonchev–Trinajstić information content (AvgIpc) is 3.61. The second-order valence-electron chi connectivity index (χ2n) is 9.78. The van der Waals surface area contributed by atoms with Crippen LogP contribution in [-0.2, 0) is 14.4 Å². The summed E-state index contributed by atoms with van der Waals surface area (Å²) in [5, 5.41) is 2.73. The summed E-state index contributed by atoms with van der Waals surface area (Å²) in [4.78, 5) is 60.6. The van der Waals surface area contributed by atoms with Crippen molar-refractivity contribution in [1.29, 1.82) is 0 Å². The molecule has 4 aromatic rings. The molecule has 0 bridgehead atoms. The normalized spacial score (nSPS) is 10.4. The zero-order chi connectivity index (χ0) is 32.3. The Hall–Kier alpha value is -5.85. The number of aromatic nitrogens is 2. The number of hydrogen-bond acceptors (Lipinski definition) is 8. The number of imidazole rings is 1. The second-order valence-corrected chi connectivity index (χ2v) is 9.78. The van der Waals surface area contributed by atoms with Gasteiger partial charge < -0.3 is 29.3 Å². The molecule has 4 rings (SSSR count). The number of amides is 4. The van der Waals surface area contributed by atoms with Gasteiger partial charge in [-0.25, -0.2) is 9.78 Å². The summed E-state index contributed by atoms with van der Waals surface area (Å²) >= 11 is 0. The van der Waals surface area contributed by atoms with Crippen molar-refractivity contribution in [3.63, 3.8) is 0 Å². The highest BCUT2D eigenvalue weighted by Crippen LogP contribution is 2.29. The fourth-order valence-electron chi connectivity index (χ4n) is 4.29. The van der Waals surface area contributed by atoms with Gasteiger partial charge in [0.25, 0.3) is 5.91 Å². The highest BCUT2D eigenvalue weighted by molar-refractivity contribution is 6.05. The standard InChI is InChI=1S/C32H34N6O7/c1-35(32(42)37-15-14-33-22-37)19-31(41)38(20-30(40)36(2)24-10-6-5-7-11-24)27-12-8-9-13-28(27)45-21-29(39)34-23-16-25(43-3)18-26(17-23)44-4/h5-18,22H,19-21H2,1-4H3,(H,34,39). The van der Waals surface area contributed by atoms with Gasteiger partial charge in [-0.2, -0.15) is 0 Å². The number of hydrogen-bond donors (Lipinski definition) is 1. The molecule has 0 spiro atoms. The number of anilines is 3. The summed E-state index contributed by atoms with van der Waals surface area (Å²) in [6.45, 7) is -1.13. The zero-order valence-electron chi connectivity index (χ0n) is 25.4. The van der Waals surface area contributed by atoms with Crippen molar-refractivity contribution in [2.45, 2.75) is 0 Å². The Balaban J connectivity index is 1.55. The Kier molecular flexibility index (Phi) is 10.7. The summed E-state index contributed by atoms with van der Waals surface area (Å²) in [5.74, 6) is -0.257. The van der Waals surface area contributed by atoms with Gasteiger partial charge in [-0.3, -0.25) is 23.9 Å². The van der Waals surface area contributed by atoms with Crippen LogP contribution >= 0.6 is 0 Å². The van der Waals surface area contributed by atoms with E-state index in [9.17, 15) is 19.2 Å². The van der Waals surface area contributed by atoms with Gasteiger partial charge in [0.15, 0.2) is 6.61 Å². The molecule has 0 aliphatic rings. The van der Waals surface area contributed by atoms with Crippen molar-refractivity contribution >= 4 is 40.8 Å². The van der Waals surface area contributed by atoms with Crippen LogP contribution in [0.4, 0.5) is 21.9 Å². The molecule has 3 aromatic carbocycles. The molecule has 0 aliphatic carbocycles. The number of nitrogens with one attached hydrogen (secondary N) is 1. The summed E-state index contributed by atoms with van der Waals surface area (Å²) in [5.41, 5.74) is 1.32. The maximum atomic E-state index is 13.8.